The Morgan fingerprint density at radius 3 is 3.24 bits per heavy atom. The normalized spacial score (nSPS) is 16.7. The lowest BCUT2D eigenvalue weighted by atomic mass is 9.96. The van der Waals surface area contributed by atoms with Gasteiger partial charge in [-0.1, -0.05) is 0 Å². The smallest absolute Gasteiger partial charge is 0.427 e. The van der Waals surface area contributed by atoms with Gasteiger partial charge in [-0.05, 0) is 26.2 Å². The van der Waals surface area contributed by atoms with Crippen LogP contribution in [0.5, 0.6) is 0 Å². The zero-order valence-corrected chi connectivity index (χ0v) is 10.1. The maximum absolute atomic E-state index is 11.1. The second kappa shape index (κ2) is 4.99. The number of hydrogen-bond acceptors (Lipinski definition) is 4. The van der Waals surface area contributed by atoms with Crippen LogP contribution in [0.1, 0.15) is 31.0 Å². The van der Waals surface area contributed by atoms with Gasteiger partial charge in [0.25, 0.3) is 0 Å². The highest BCUT2D eigenvalue weighted by Gasteiger charge is 2.19. The molecule has 1 aromatic rings. The largest absolute Gasteiger partial charge is 0.449 e. The Balaban J connectivity index is 2.12. The molecule has 92 valence electrons. The average Bonchev–Trinajstić information content (AvgIpc) is 2.70. The van der Waals surface area contributed by atoms with Crippen LogP contribution in [0.3, 0.4) is 0 Å². The van der Waals surface area contributed by atoms with Crippen molar-refractivity contribution in [1.82, 2.24) is 15.2 Å². The maximum atomic E-state index is 11.1. The van der Waals surface area contributed by atoms with Crippen molar-refractivity contribution in [3.05, 3.63) is 17.5 Å². The molecular formula is C11H16N4O2. The molecule has 6 nitrogen and oxygen atoms in total. The van der Waals surface area contributed by atoms with Crippen molar-refractivity contribution in [3.63, 3.8) is 0 Å². The fraction of sp³-hybridized carbons (Fsp3) is 0.545. The van der Waals surface area contributed by atoms with E-state index in [1.807, 2.05) is 11.7 Å². The fourth-order valence-electron chi connectivity index (χ4n) is 1.95. The van der Waals surface area contributed by atoms with E-state index in [2.05, 4.69) is 15.6 Å². The Hall–Kier alpha value is -1.85. The predicted molar refractivity (Wildman–Crippen MR) is 62.8 cm³/mol. The van der Waals surface area contributed by atoms with Crippen molar-refractivity contribution < 1.29 is 9.53 Å². The SMILES string of the molecule is CCOC(=O)NN=C1CCCc2c1cnn2C. The Morgan fingerprint density at radius 2 is 2.47 bits per heavy atom. The second-order valence-corrected chi connectivity index (χ2v) is 3.87. The minimum atomic E-state index is -0.518. The van der Waals surface area contributed by atoms with Gasteiger partial charge in [0.05, 0.1) is 18.5 Å². The molecule has 0 atom stereocenters. The topological polar surface area (TPSA) is 68.5 Å². The molecule has 0 unspecified atom stereocenters. The lowest BCUT2D eigenvalue weighted by Gasteiger charge is -2.14. The Morgan fingerprint density at radius 1 is 1.65 bits per heavy atom. The zero-order valence-electron chi connectivity index (χ0n) is 10.1. The van der Waals surface area contributed by atoms with Gasteiger partial charge in [0.15, 0.2) is 0 Å². The van der Waals surface area contributed by atoms with Crippen molar-refractivity contribution in [1.29, 1.82) is 0 Å². The summed E-state index contributed by atoms with van der Waals surface area (Å²) in [6.45, 7) is 2.10. The number of carbonyl (C=O) groups excluding carboxylic acids is 1. The maximum Gasteiger partial charge on any atom is 0.427 e. The van der Waals surface area contributed by atoms with E-state index < -0.39 is 6.09 Å². The van der Waals surface area contributed by atoms with Crippen molar-refractivity contribution in [3.8, 4) is 0 Å². The number of hydrogen-bond donors (Lipinski definition) is 1. The van der Waals surface area contributed by atoms with Crippen LogP contribution in [0.25, 0.3) is 0 Å². The van der Waals surface area contributed by atoms with Crippen LogP contribution in [-0.2, 0) is 18.2 Å². The molecule has 0 saturated heterocycles. The van der Waals surface area contributed by atoms with Crippen LogP contribution in [0.4, 0.5) is 4.79 Å². The van der Waals surface area contributed by atoms with Crippen LogP contribution in [0.2, 0.25) is 0 Å². The van der Waals surface area contributed by atoms with Gasteiger partial charge in [0, 0.05) is 18.3 Å². The van der Waals surface area contributed by atoms with Crippen LogP contribution >= 0.6 is 0 Å². The summed E-state index contributed by atoms with van der Waals surface area (Å²) in [6.07, 6.45) is 4.15. The van der Waals surface area contributed by atoms with Gasteiger partial charge in [-0.2, -0.15) is 10.2 Å². The summed E-state index contributed by atoms with van der Waals surface area (Å²) in [7, 11) is 1.92. The third-order valence-electron chi connectivity index (χ3n) is 2.76. The number of carbonyl (C=O) groups is 1. The Kier molecular flexibility index (Phi) is 3.41. The van der Waals surface area contributed by atoms with Gasteiger partial charge in [-0.3, -0.25) is 4.68 Å². The third-order valence-corrected chi connectivity index (χ3v) is 2.76. The number of fused-ring (bicyclic) bond motifs is 1. The molecule has 0 aromatic carbocycles. The summed E-state index contributed by atoms with van der Waals surface area (Å²) in [5.41, 5.74) is 5.45. The molecule has 17 heavy (non-hydrogen) atoms. The second-order valence-electron chi connectivity index (χ2n) is 3.87. The minimum Gasteiger partial charge on any atom is -0.449 e. The number of nitrogens with one attached hydrogen (secondary N) is 1. The van der Waals surface area contributed by atoms with Gasteiger partial charge >= 0.3 is 6.09 Å². The van der Waals surface area contributed by atoms with Crippen molar-refractivity contribution in [2.45, 2.75) is 26.2 Å². The standard InChI is InChI=1S/C11H16N4O2/c1-3-17-11(16)14-13-9-5-4-6-10-8(9)7-12-15(10)2/h7H,3-6H2,1-2H3,(H,14,16). The first-order chi connectivity index (χ1) is 8.22. The fourth-order valence-corrected chi connectivity index (χ4v) is 1.95. The number of nitrogens with zero attached hydrogens (tertiary/aromatic N) is 3. The molecule has 1 amide bonds. The number of hydrazone groups is 1. The van der Waals surface area contributed by atoms with Crippen LogP contribution in [0, 0.1) is 0 Å². The highest BCUT2D eigenvalue weighted by Crippen LogP contribution is 2.20. The monoisotopic (exact) mass is 236 g/mol. The summed E-state index contributed by atoms with van der Waals surface area (Å²) >= 11 is 0. The average molecular weight is 236 g/mol. The number of amides is 1. The molecule has 0 aliphatic heterocycles. The molecule has 1 aliphatic carbocycles. The van der Waals surface area contributed by atoms with E-state index in [4.69, 9.17) is 4.74 Å². The summed E-state index contributed by atoms with van der Waals surface area (Å²) in [5, 5.41) is 8.30. The van der Waals surface area contributed by atoms with Gasteiger partial charge < -0.3 is 4.74 Å². The minimum absolute atomic E-state index is 0.342. The van der Waals surface area contributed by atoms with E-state index in [9.17, 15) is 4.79 Å². The summed E-state index contributed by atoms with van der Waals surface area (Å²) in [6, 6.07) is 0. The van der Waals surface area contributed by atoms with Crippen LogP contribution < -0.4 is 5.43 Å². The van der Waals surface area contributed by atoms with Crippen molar-refractivity contribution >= 4 is 11.8 Å². The molecule has 2 rings (SSSR count). The molecule has 0 saturated carbocycles. The lowest BCUT2D eigenvalue weighted by Crippen LogP contribution is -2.22. The van der Waals surface area contributed by atoms with Gasteiger partial charge in [0.1, 0.15) is 0 Å². The summed E-state index contributed by atoms with van der Waals surface area (Å²) < 4.78 is 6.60. The first-order valence-corrected chi connectivity index (χ1v) is 5.73. The van der Waals surface area contributed by atoms with Crippen molar-refractivity contribution in [2.24, 2.45) is 12.1 Å². The van der Waals surface area contributed by atoms with E-state index in [1.165, 1.54) is 5.69 Å². The molecule has 6 heteroatoms. The first kappa shape index (κ1) is 11.6. The number of aromatic nitrogens is 2. The molecular weight excluding hydrogens is 220 g/mol. The van der Waals surface area contributed by atoms with Gasteiger partial charge in [-0.15, -0.1) is 0 Å². The Labute approximate surface area is 99.6 Å². The van der Waals surface area contributed by atoms with Crippen molar-refractivity contribution in [2.75, 3.05) is 6.61 Å². The Bertz CT molecular complexity index is 450. The summed E-state index contributed by atoms with van der Waals surface area (Å²) in [5.74, 6) is 0. The van der Waals surface area contributed by atoms with Gasteiger partial charge in [-0.25, -0.2) is 10.2 Å². The van der Waals surface area contributed by atoms with E-state index in [0.29, 0.717) is 6.61 Å². The molecule has 1 aromatic heterocycles. The number of rotatable bonds is 2. The van der Waals surface area contributed by atoms with E-state index in [0.717, 1.165) is 30.5 Å². The highest BCUT2D eigenvalue weighted by atomic mass is 16.5. The first-order valence-electron chi connectivity index (χ1n) is 5.73. The molecule has 0 fully saturated rings. The van der Waals surface area contributed by atoms with Crippen LogP contribution in [-0.4, -0.2) is 28.2 Å². The molecule has 1 heterocycles. The van der Waals surface area contributed by atoms with Crippen LogP contribution in [0.15, 0.2) is 11.3 Å². The third kappa shape index (κ3) is 2.46. The quantitative estimate of drug-likeness (QED) is 0.785. The highest BCUT2D eigenvalue weighted by molar-refractivity contribution is 6.02. The number of aryl methyl sites for hydroxylation is 1. The van der Waals surface area contributed by atoms with Gasteiger partial charge in [0.2, 0.25) is 0 Å². The van der Waals surface area contributed by atoms with E-state index in [1.54, 1.807) is 13.1 Å². The lowest BCUT2D eigenvalue weighted by molar-refractivity contribution is 0.152. The zero-order chi connectivity index (χ0) is 12.3. The molecule has 1 N–H and O–H groups in total. The number of ether oxygens (including phenoxy) is 1. The molecule has 0 bridgehead atoms. The molecule has 0 radical (unpaired) electrons. The predicted octanol–water partition coefficient (Wildman–Crippen LogP) is 1.21. The molecule has 0 spiro atoms. The van der Waals surface area contributed by atoms with E-state index in [-0.39, 0.29) is 0 Å². The summed E-state index contributed by atoms with van der Waals surface area (Å²) in [4.78, 5) is 11.1. The molecule has 1 aliphatic rings. The van der Waals surface area contributed by atoms with E-state index >= 15 is 0 Å².